The van der Waals surface area contributed by atoms with Gasteiger partial charge < -0.3 is 24.1 Å². The monoisotopic (exact) mass is 376 g/mol. The van der Waals surface area contributed by atoms with E-state index in [1.165, 1.54) is 11.3 Å². The van der Waals surface area contributed by atoms with Crippen molar-refractivity contribution in [1.82, 2.24) is 5.32 Å². The number of fused-ring (bicyclic) bond motifs is 2. The number of furan rings is 1. The molecule has 0 saturated carbocycles. The molecule has 28 heavy (non-hydrogen) atoms. The zero-order valence-electron chi connectivity index (χ0n) is 15.3. The predicted molar refractivity (Wildman–Crippen MR) is 104 cm³/mol. The summed E-state index contributed by atoms with van der Waals surface area (Å²) in [5.41, 5.74) is 3.06. The Balaban J connectivity index is 1.36. The molecule has 2 aliphatic rings. The van der Waals surface area contributed by atoms with Gasteiger partial charge >= 0.3 is 0 Å². The van der Waals surface area contributed by atoms with E-state index in [-0.39, 0.29) is 18.7 Å². The number of hydrogen-bond acceptors (Lipinski definition) is 5. The van der Waals surface area contributed by atoms with E-state index in [4.69, 9.17) is 13.9 Å². The quantitative estimate of drug-likeness (QED) is 0.738. The number of carbonyl (C=O) groups is 1. The third-order valence-electron chi connectivity index (χ3n) is 5.26. The van der Waals surface area contributed by atoms with Crippen molar-refractivity contribution in [3.05, 3.63) is 77.7 Å². The summed E-state index contributed by atoms with van der Waals surface area (Å²) in [6.45, 7) is 1.52. The molecule has 3 aromatic rings. The van der Waals surface area contributed by atoms with Gasteiger partial charge in [-0.05, 0) is 48.4 Å². The Morgan fingerprint density at radius 2 is 1.96 bits per heavy atom. The average molecular weight is 376 g/mol. The number of para-hydroxylation sites is 1. The lowest BCUT2D eigenvalue weighted by atomic mass is 10.1. The van der Waals surface area contributed by atoms with Crippen LogP contribution in [0.15, 0.2) is 65.3 Å². The van der Waals surface area contributed by atoms with Crippen molar-refractivity contribution in [2.45, 2.75) is 12.5 Å². The van der Waals surface area contributed by atoms with Crippen molar-refractivity contribution < 1.29 is 18.7 Å². The molecule has 142 valence electrons. The molecule has 0 saturated heterocycles. The Labute approximate surface area is 162 Å². The zero-order chi connectivity index (χ0) is 18.9. The molecular weight excluding hydrogens is 356 g/mol. The molecule has 0 fully saturated rings. The summed E-state index contributed by atoms with van der Waals surface area (Å²) in [7, 11) is 0. The van der Waals surface area contributed by atoms with Crippen LogP contribution >= 0.6 is 0 Å². The van der Waals surface area contributed by atoms with Crippen LogP contribution in [0.5, 0.6) is 11.5 Å². The largest absolute Gasteiger partial charge is 0.467 e. The predicted octanol–water partition coefficient (Wildman–Crippen LogP) is 3.54. The molecule has 2 aromatic carbocycles. The first-order chi connectivity index (χ1) is 13.8. The van der Waals surface area contributed by atoms with E-state index in [0.29, 0.717) is 23.6 Å². The van der Waals surface area contributed by atoms with Crippen LogP contribution < -0.4 is 19.7 Å². The van der Waals surface area contributed by atoms with Gasteiger partial charge in [0.15, 0.2) is 11.5 Å². The third kappa shape index (κ3) is 2.97. The van der Waals surface area contributed by atoms with Gasteiger partial charge in [-0.3, -0.25) is 4.79 Å². The number of carbonyl (C=O) groups excluding carboxylic acids is 1. The Morgan fingerprint density at radius 3 is 2.86 bits per heavy atom. The van der Waals surface area contributed by atoms with E-state index in [1.807, 2.05) is 18.2 Å². The lowest BCUT2D eigenvalue weighted by Crippen LogP contribution is -2.37. The van der Waals surface area contributed by atoms with Crippen molar-refractivity contribution in [3.8, 4) is 11.5 Å². The van der Waals surface area contributed by atoms with Crippen molar-refractivity contribution in [2.75, 3.05) is 24.8 Å². The van der Waals surface area contributed by atoms with E-state index in [2.05, 4.69) is 28.4 Å². The Bertz CT molecular complexity index is 1000. The summed E-state index contributed by atoms with van der Waals surface area (Å²) in [5.74, 6) is 1.95. The van der Waals surface area contributed by atoms with E-state index < -0.39 is 0 Å². The van der Waals surface area contributed by atoms with E-state index in [9.17, 15) is 4.79 Å². The molecule has 0 unspecified atom stereocenters. The summed E-state index contributed by atoms with van der Waals surface area (Å²) < 4.78 is 16.4. The minimum atomic E-state index is -0.151. The maximum atomic E-state index is 12.7. The molecule has 6 heteroatoms. The number of amides is 1. The van der Waals surface area contributed by atoms with E-state index in [0.717, 1.165) is 18.7 Å². The topological polar surface area (TPSA) is 63.9 Å². The number of nitrogens with zero attached hydrogens (tertiary/aromatic N) is 1. The fraction of sp³-hybridized carbons (Fsp3) is 0.227. The average Bonchev–Trinajstić information content (AvgIpc) is 3.48. The van der Waals surface area contributed by atoms with Crippen molar-refractivity contribution in [1.29, 1.82) is 0 Å². The minimum Gasteiger partial charge on any atom is -0.467 e. The molecule has 1 amide bonds. The second-order valence-electron chi connectivity index (χ2n) is 6.88. The van der Waals surface area contributed by atoms with E-state index >= 15 is 0 Å². The number of anilines is 1. The number of nitrogens with one attached hydrogen (secondary N) is 1. The lowest BCUT2D eigenvalue weighted by molar-refractivity contribution is 0.0949. The first-order valence-electron chi connectivity index (χ1n) is 9.35. The zero-order valence-corrected chi connectivity index (χ0v) is 15.3. The number of benzene rings is 2. The lowest BCUT2D eigenvalue weighted by Gasteiger charge is -2.29. The molecule has 0 bridgehead atoms. The fourth-order valence-corrected chi connectivity index (χ4v) is 3.86. The van der Waals surface area contributed by atoms with Crippen LogP contribution in [0.4, 0.5) is 5.69 Å². The number of hydrogen-bond donors (Lipinski definition) is 1. The highest BCUT2D eigenvalue weighted by atomic mass is 16.7. The molecule has 1 N–H and O–H groups in total. The molecule has 1 aromatic heterocycles. The van der Waals surface area contributed by atoms with Crippen LogP contribution in [0, 0.1) is 0 Å². The highest BCUT2D eigenvalue weighted by molar-refractivity contribution is 5.95. The van der Waals surface area contributed by atoms with Crippen LogP contribution in [0.25, 0.3) is 0 Å². The molecule has 1 atom stereocenters. The van der Waals surface area contributed by atoms with Crippen molar-refractivity contribution in [3.63, 3.8) is 0 Å². The standard InChI is InChI=1S/C22H20N2O4/c25-22(16-7-8-20-21(12-16)28-14-27-20)23-13-18(19-6-3-11-26-19)24-10-9-15-4-1-2-5-17(15)24/h1-8,11-12,18H,9-10,13-14H2,(H,23,25)/t18-/m1/s1. The number of rotatable bonds is 5. The van der Waals surface area contributed by atoms with Gasteiger partial charge in [-0.15, -0.1) is 0 Å². The van der Waals surface area contributed by atoms with Crippen LogP contribution in [0.2, 0.25) is 0 Å². The minimum absolute atomic E-state index is 0.0726. The van der Waals surface area contributed by atoms with Gasteiger partial charge in [0, 0.05) is 24.3 Å². The van der Waals surface area contributed by atoms with Gasteiger partial charge in [-0.2, -0.15) is 0 Å². The molecule has 3 heterocycles. The Kier molecular flexibility index (Phi) is 4.16. The maximum Gasteiger partial charge on any atom is 0.251 e. The molecule has 0 radical (unpaired) electrons. The Hall–Kier alpha value is -3.41. The second kappa shape index (κ2) is 6.96. The summed E-state index contributed by atoms with van der Waals surface area (Å²) in [5, 5.41) is 3.05. The highest BCUT2D eigenvalue weighted by Gasteiger charge is 2.29. The van der Waals surface area contributed by atoms with Gasteiger partial charge in [-0.1, -0.05) is 18.2 Å². The van der Waals surface area contributed by atoms with Gasteiger partial charge in [-0.25, -0.2) is 0 Å². The third-order valence-corrected chi connectivity index (χ3v) is 5.26. The van der Waals surface area contributed by atoms with Crippen molar-refractivity contribution >= 4 is 11.6 Å². The molecule has 0 aliphatic carbocycles. The molecular formula is C22H20N2O4. The smallest absolute Gasteiger partial charge is 0.251 e. The first kappa shape index (κ1) is 16.7. The summed E-state index contributed by atoms with van der Waals surface area (Å²) in [6.07, 6.45) is 2.66. The van der Waals surface area contributed by atoms with Crippen LogP contribution in [0.3, 0.4) is 0 Å². The summed E-state index contributed by atoms with van der Waals surface area (Å²) in [4.78, 5) is 15.0. The number of ether oxygens (including phenoxy) is 2. The first-order valence-corrected chi connectivity index (χ1v) is 9.35. The summed E-state index contributed by atoms with van der Waals surface area (Å²) in [6, 6.07) is 17.4. The van der Waals surface area contributed by atoms with Gasteiger partial charge in [0.2, 0.25) is 6.79 Å². The second-order valence-corrected chi connectivity index (χ2v) is 6.88. The molecule has 5 rings (SSSR count). The van der Waals surface area contributed by atoms with Gasteiger partial charge in [0.1, 0.15) is 11.8 Å². The molecule has 0 spiro atoms. The normalized spacial score (nSPS) is 15.4. The molecule has 2 aliphatic heterocycles. The SMILES string of the molecule is O=C(NC[C@H](c1ccco1)N1CCc2ccccc21)c1ccc2c(c1)OCO2. The van der Waals surface area contributed by atoms with Crippen LogP contribution in [-0.4, -0.2) is 25.8 Å². The van der Waals surface area contributed by atoms with Gasteiger partial charge in [0.05, 0.1) is 6.26 Å². The fourth-order valence-electron chi connectivity index (χ4n) is 3.86. The van der Waals surface area contributed by atoms with Crippen LogP contribution in [0.1, 0.15) is 27.7 Å². The highest BCUT2D eigenvalue weighted by Crippen LogP contribution is 2.35. The maximum absolute atomic E-state index is 12.7. The Morgan fingerprint density at radius 1 is 1.07 bits per heavy atom. The van der Waals surface area contributed by atoms with E-state index in [1.54, 1.807) is 24.5 Å². The molecule has 6 nitrogen and oxygen atoms in total. The van der Waals surface area contributed by atoms with Gasteiger partial charge in [0.25, 0.3) is 5.91 Å². The van der Waals surface area contributed by atoms with Crippen molar-refractivity contribution in [2.24, 2.45) is 0 Å². The van der Waals surface area contributed by atoms with Crippen LogP contribution in [-0.2, 0) is 6.42 Å². The summed E-state index contributed by atoms with van der Waals surface area (Å²) >= 11 is 0.